The van der Waals surface area contributed by atoms with Crippen molar-refractivity contribution in [2.24, 2.45) is 0 Å². The molecule has 0 amide bonds. The lowest BCUT2D eigenvalue weighted by Crippen LogP contribution is -2.11. The standard InChI is InChI=1S/C23H19N5OS2/c1-14-8-10-17(11-9-14)28-15(2)26-27-23(28)31-13-19-24-21(29)20-18(12-30-22(20)25-19)16-6-4-3-5-7-16/h3-12H,13H2,1-2H3,(H,24,25,29). The van der Waals surface area contributed by atoms with Gasteiger partial charge in [0.15, 0.2) is 5.16 Å². The van der Waals surface area contributed by atoms with E-state index < -0.39 is 0 Å². The number of benzene rings is 2. The fourth-order valence-corrected chi connectivity index (χ4v) is 5.29. The van der Waals surface area contributed by atoms with E-state index in [9.17, 15) is 4.79 Å². The first-order chi connectivity index (χ1) is 15.1. The Bertz CT molecular complexity index is 1420. The van der Waals surface area contributed by atoms with Crippen LogP contribution in [0.25, 0.3) is 27.0 Å². The van der Waals surface area contributed by atoms with Gasteiger partial charge in [0, 0.05) is 16.6 Å². The third-order valence-corrected chi connectivity index (χ3v) is 6.82. The molecule has 2 aromatic carbocycles. The molecule has 1 N–H and O–H groups in total. The summed E-state index contributed by atoms with van der Waals surface area (Å²) in [5, 5.41) is 12.0. The molecule has 0 spiro atoms. The van der Waals surface area contributed by atoms with Gasteiger partial charge in [-0.1, -0.05) is 59.8 Å². The van der Waals surface area contributed by atoms with Crippen molar-refractivity contribution in [3.05, 3.63) is 87.5 Å². The predicted molar refractivity (Wildman–Crippen MR) is 126 cm³/mol. The minimum atomic E-state index is -0.114. The molecular formula is C23H19N5OS2. The maximum Gasteiger partial charge on any atom is 0.260 e. The Morgan fingerprint density at radius 1 is 1.03 bits per heavy atom. The van der Waals surface area contributed by atoms with E-state index in [-0.39, 0.29) is 5.56 Å². The van der Waals surface area contributed by atoms with Gasteiger partial charge in [-0.15, -0.1) is 21.5 Å². The highest BCUT2D eigenvalue weighted by molar-refractivity contribution is 7.98. The van der Waals surface area contributed by atoms with Gasteiger partial charge in [0.1, 0.15) is 16.5 Å². The van der Waals surface area contributed by atoms with Crippen LogP contribution in [0.1, 0.15) is 17.2 Å². The Labute approximate surface area is 187 Å². The third kappa shape index (κ3) is 3.80. The molecule has 0 bridgehead atoms. The fourth-order valence-electron chi connectivity index (χ4n) is 3.45. The average molecular weight is 446 g/mol. The second kappa shape index (κ2) is 8.13. The van der Waals surface area contributed by atoms with Crippen LogP contribution in [-0.2, 0) is 5.75 Å². The van der Waals surface area contributed by atoms with Crippen LogP contribution in [-0.4, -0.2) is 24.7 Å². The molecule has 0 atom stereocenters. The molecule has 5 rings (SSSR count). The molecular weight excluding hydrogens is 426 g/mol. The van der Waals surface area contributed by atoms with Crippen LogP contribution in [0, 0.1) is 13.8 Å². The first kappa shape index (κ1) is 19.7. The van der Waals surface area contributed by atoms with Crippen LogP contribution in [0.5, 0.6) is 0 Å². The second-order valence-electron chi connectivity index (χ2n) is 7.20. The lowest BCUT2D eigenvalue weighted by atomic mass is 10.1. The molecule has 31 heavy (non-hydrogen) atoms. The number of thiophene rings is 1. The van der Waals surface area contributed by atoms with Gasteiger partial charge in [0.25, 0.3) is 5.56 Å². The number of thioether (sulfide) groups is 1. The molecule has 0 aliphatic carbocycles. The molecule has 0 aliphatic rings. The number of rotatable bonds is 5. The van der Waals surface area contributed by atoms with Crippen molar-refractivity contribution in [1.29, 1.82) is 0 Å². The van der Waals surface area contributed by atoms with Crippen LogP contribution in [0.4, 0.5) is 0 Å². The van der Waals surface area contributed by atoms with Gasteiger partial charge in [-0.2, -0.15) is 0 Å². The van der Waals surface area contributed by atoms with Crippen molar-refractivity contribution in [3.8, 4) is 16.8 Å². The molecule has 6 nitrogen and oxygen atoms in total. The number of hydrogen-bond donors (Lipinski definition) is 1. The molecule has 154 valence electrons. The van der Waals surface area contributed by atoms with E-state index in [0.29, 0.717) is 17.0 Å². The number of aromatic amines is 1. The Hall–Kier alpha value is -3.23. The Kier molecular flexibility index (Phi) is 5.17. The summed E-state index contributed by atoms with van der Waals surface area (Å²) in [7, 11) is 0. The summed E-state index contributed by atoms with van der Waals surface area (Å²) in [6, 6.07) is 18.2. The van der Waals surface area contributed by atoms with E-state index in [2.05, 4.69) is 46.4 Å². The van der Waals surface area contributed by atoms with Gasteiger partial charge in [-0.3, -0.25) is 9.36 Å². The normalized spacial score (nSPS) is 11.3. The molecule has 3 heterocycles. The second-order valence-corrected chi connectivity index (χ2v) is 9.00. The highest BCUT2D eigenvalue weighted by Crippen LogP contribution is 2.31. The van der Waals surface area contributed by atoms with Crippen LogP contribution < -0.4 is 5.56 Å². The molecule has 0 saturated carbocycles. The number of fused-ring (bicyclic) bond motifs is 1. The topological polar surface area (TPSA) is 76.5 Å². The molecule has 5 aromatic rings. The van der Waals surface area contributed by atoms with Gasteiger partial charge in [0.2, 0.25) is 0 Å². The van der Waals surface area contributed by atoms with Crippen LogP contribution in [0.2, 0.25) is 0 Å². The summed E-state index contributed by atoms with van der Waals surface area (Å²) in [6.45, 7) is 3.99. The zero-order valence-electron chi connectivity index (χ0n) is 17.0. The third-order valence-electron chi connectivity index (χ3n) is 5.00. The van der Waals surface area contributed by atoms with E-state index in [4.69, 9.17) is 4.98 Å². The number of hydrogen-bond acceptors (Lipinski definition) is 6. The van der Waals surface area contributed by atoms with Gasteiger partial charge in [-0.05, 0) is 31.5 Å². The van der Waals surface area contributed by atoms with Crippen molar-refractivity contribution < 1.29 is 0 Å². The van der Waals surface area contributed by atoms with Crippen molar-refractivity contribution >= 4 is 33.3 Å². The summed E-state index contributed by atoms with van der Waals surface area (Å²) in [5.41, 5.74) is 4.04. The SMILES string of the molecule is Cc1ccc(-n2c(C)nnc2SCc2nc3scc(-c4ccccc4)c3c(=O)[nH]2)cc1. The largest absolute Gasteiger partial charge is 0.309 e. The zero-order valence-corrected chi connectivity index (χ0v) is 18.6. The summed E-state index contributed by atoms with van der Waals surface area (Å²) >= 11 is 2.99. The van der Waals surface area contributed by atoms with Crippen LogP contribution in [0.15, 0.2) is 69.9 Å². The Balaban J connectivity index is 1.44. The lowest BCUT2D eigenvalue weighted by molar-refractivity contribution is 0.866. The molecule has 0 aliphatic heterocycles. The van der Waals surface area contributed by atoms with Crippen molar-refractivity contribution in [2.75, 3.05) is 0 Å². The minimum Gasteiger partial charge on any atom is -0.309 e. The van der Waals surface area contributed by atoms with Gasteiger partial charge < -0.3 is 4.98 Å². The van der Waals surface area contributed by atoms with Gasteiger partial charge >= 0.3 is 0 Å². The number of nitrogens with one attached hydrogen (secondary N) is 1. The quantitative estimate of drug-likeness (QED) is 0.379. The smallest absolute Gasteiger partial charge is 0.260 e. The van der Waals surface area contributed by atoms with Crippen LogP contribution in [0.3, 0.4) is 0 Å². The fraction of sp³-hybridized carbons (Fsp3) is 0.130. The van der Waals surface area contributed by atoms with Crippen molar-refractivity contribution in [2.45, 2.75) is 24.8 Å². The maximum atomic E-state index is 12.9. The lowest BCUT2D eigenvalue weighted by Gasteiger charge is -2.08. The van der Waals surface area contributed by atoms with Crippen LogP contribution >= 0.6 is 23.1 Å². The first-order valence-electron chi connectivity index (χ1n) is 9.78. The zero-order chi connectivity index (χ0) is 21.4. The van der Waals surface area contributed by atoms with E-state index in [1.165, 1.54) is 28.7 Å². The first-order valence-corrected chi connectivity index (χ1v) is 11.6. The van der Waals surface area contributed by atoms with Gasteiger partial charge in [-0.25, -0.2) is 4.98 Å². The van der Waals surface area contributed by atoms with Gasteiger partial charge in [0.05, 0.1) is 11.1 Å². The Morgan fingerprint density at radius 3 is 2.58 bits per heavy atom. The molecule has 0 radical (unpaired) electrons. The Morgan fingerprint density at radius 2 is 1.81 bits per heavy atom. The van der Waals surface area contributed by atoms with Crippen molar-refractivity contribution in [3.63, 3.8) is 0 Å². The van der Waals surface area contributed by atoms with E-state index in [1.807, 2.05) is 47.2 Å². The number of aryl methyl sites for hydroxylation is 2. The molecule has 0 fully saturated rings. The molecule has 0 unspecified atom stereocenters. The minimum absolute atomic E-state index is 0.114. The number of aromatic nitrogens is 5. The summed E-state index contributed by atoms with van der Waals surface area (Å²) in [5.74, 6) is 1.93. The summed E-state index contributed by atoms with van der Waals surface area (Å²) in [6.07, 6.45) is 0. The number of nitrogens with zero attached hydrogens (tertiary/aromatic N) is 4. The number of H-pyrrole nitrogens is 1. The average Bonchev–Trinajstić information content (AvgIpc) is 3.37. The maximum absolute atomic E-state index is 12.9. The van der Waals surface area contributed by atoms with E-state index in [0.717, 1.165) is 32.6 Å². The highest BCUT2D eigenvalue weighted by atomic mass is 32.2. The molecule has 8 heteroatoms. The summed E-state index contributed by atoms with van der Waals surface area (Å²) in [4.78, 5) is 21.3. The highest BCUT2D eigenvalue weighted by Gasteiger charge is 2.15. The molecule has 3 aromatic heterocycles. The van der Waals surface area contributed by atoms with Crippen molar-refractivity contribution in [1.82, 2.24) is 24.7 Å². The predicted octanol–water partition coefficient (Wildman–Crippen LogP) is 5.14. The summed E-state index contributed by atoms with van der Waals surface area (Å²) < 4.78 is 2.01. The molecule has 0 saturated heterocycles. The van der Waals surface area contributed by atoms with E-state index in [1.54, 1.807) is 0 Å². The van der Waals surface area contributed by atoms with E-state index >= 15 is 0 Å². The monoisotopic (exact) mass is 445 g/mol.